The predicted octanol–water partition coefficient (Wildman–Crippen LogP) is 2.31. The highest BCUT2D eigenvalue weighted by Gasteiger charge is 2.11. The maximum absolute atomic E-state index is 12.9. The summed E-state index contributed by atoms with van der Waals surface area (Å²) in [5.41, 5.74) is 1.09. The third-order valence-corrected chi connectivity index (χ3v) is 3.68. The van der Waals surface area contributed by atoms with Crippen LogP contribution >= 0.6 is 11.3 Å². The molecule has 0 unspecified atom stereocenters. The van der Waals surface area contributed by atoms with Gasteiger partial charge in [0.2, 0.25) is 0 Å². The Balaban J connectivity index is 1.64. The van der Waals surface area contributed by atoms with E-state index < -0.39 is 0 Å². The molecule has 0 bridgehead atoms. The van der Waals surface area contributed by atoms with Crippen molar-refractivity contribution >= 4 is 17.2 Å². The number of benzene rings is 1. The molecule has 112 valence electrons. The van der Waals surface area contributed by atoms with Gasteiger partial charge in [0.15, 0.2) is 5.82 Å². The number of halogens is 1. The average Bonchev–Trinajstić information content (AvgIpc) is 3.15. The van der Waals surface area contributed by atoms with Crippen molar-refractivity contribution in [1.29, 1.82) is 0 Å². The molecular formula is C14H12FN5OS. The quantitative estimate of drug-likeness (QED) is 0.773. The molecule has 0 spiro atoms. The van der Waals surface area contributed by atoms with Crippen LogP contribution in [0.25, 0.3) is 11.4 Å². The van der Waals surface area contributed by atoms with Gasteiger partial charge in [-0.3, -0.25) is 9.89 Å². The van der Waals surface area contributed by atoms with E-state index in [9.17, 15) is 9.18 Å². The second-order valence-corrected chi connectivity index (χ2v) is 5.61. The number of nitrogens with one attached hydrogen (secondary N) is 2. The maximum Gasteiger partial charge on any atom is 0.271 e. The van der Waals surface area contributed by atoms with Crippen LogP contribution in [0.4, 0.5) is 4.39 Å². The van der Waals surface area contributed by atoms with Crippen molar-refractivity contribution in [2.24, 2.45) is 0 Å². The Morgan fingerprint density at radius 1 is 1.32 bits per heavy atom. The molecule has 2 N–H and O–H groups in total. The number of carbonyl (C=O) groups is 1. The molecule has 1 amide bonds. The molecule has 22 heavy (non-hydrogen) atoms. The molecule has 1 aromatic carbocycles. The van der Waals surface area contributed by atoms with Gasteiger partial charge in [0, 0.05) is 10.9 Å². The minimum atomic E-state index is -0.315. The van der Waals surface area contributed by atoms with E-state index in [1.807, 2.05) is 6.92 Å². The number of aromatic nitrogens is 4. The normalized spacial score (nSPS) is 10.6. The number of carbonyl (C=O) groups excluding carboxylic acids is 1. The van der Waals surface area contributed by atoms with Crippen LogP contribution in [0.5, 0.6) is 0 Å². The Morgan fingerprint density at radius 3 is 2.77 bits per heavy atom. The van der Waals surface area contributed by atoms with E-state index in [0.717, 1.165) is 5.01 Å². The van der Waals surface area contributed by atoms with E-state index in [1.54, 1.807) is 17.5 Å². The summed E-state index contributed by atoms with van der Waals surface area (Å²) in [4.78, 5) is 20.2. The number of hydrogen-bond donors (Lipinski definition) is 2. The van der Waals surface area contributed by atoms with Gasteiger partial charge in [-0.05, 0) is 31.2 Å². The highest BCUT2D eigenvalue weighted by atomic mass is 32.1. The first-order chi connectivity index (χ1) is 10.6. The van der Waals surface area contributed by atoms with Gasteiger partial charge >= 0.3 is 0 Å². The van der Waals surface area contributed by atoms with Crippen molar-refractivity contribution in [3.05, 3.63) is 52.0 Å². The van der Waals surface area contributed by atoms with E-state index in [1.165, 1.54) is 23.5 Å². The molecule has 8 heteroatoms. The zero-order valence-electron chi connectivity index (χ0n) is 11.6. The number of thiazole rings is 1. The largest absolute Gasteiger partial charge is 0.343 e. The summed E-state index contributed by atoms with van der Waals surface area (Å²) in [6, 6.07) is 5.88. The molecule has 0 saturated carbocycles. The Bertz CT molecular complexity index is 796. The number of aryl methyl sites for hydroxylation is 1. The number of aromatic amines is 1. The fourth-order valence-electron chi connectivity index (χ4n) is 1.82. The minimum absolute atomic E-state index is 0.212. The minimum Gasteiger partial charge on any atom is -0.343 e. The van der Waals surface area contributed by atoms with E-state index in [0.29, 0.717) is 22.9 Å². The van der Waals surface area contributed by atoms with Gasteiger partial charge in [-0.25, -0.2) is 14.4 Å². The Morgan fingerprint density at radius 2 is 2.09 bits per heavy atom. The van der Waals surface area contributed by atoms with Crippen LogP contribution in [-0.2, 0) is 6.54 Å². The van der Waals surface area contributed by atoms with Gasteiger partial charge in [0.25, 0.3) is 5.91 Å². The highest BCUT2D eigenvalue weighted by molar-refractivity contribution is 7.09. The molecule has 2 aromatic heterocycles. The summed E-state index contributed by atoms with van der Waals surface area (Å²) in [5.74, 6) is 0.391. The van der Waals surface area contributed by atoms with Gasteiger partial charge in [0.05, 0.1) is 11.6 Å². The van der Waals surface area contributed by atoms with Crippen molar-refractivity contribution in [3.63, 3.8) is 0 Å². The van der Waals surface area contributed by atoms with Crippen LogP contribution in [0.3, 0.4) is 0 Å². The number of nitrogens with zero attached hydrogens (tertiary/aromatic N) is 3. The average molecular weight is 317 g/mol. The van der Waals surface area contributed by atoms with Crippen LogP contribution in [0, 0.1) is 12.7 Å². The standard InChI is InChI=1S/C14H12FN5OS/c1-8-17-11(7-22-8)14(21)16-6-12-18-13(20-19-12)9-2-4-10(15)5-3-9/h2-5,7H,6H2,1H3,(H,16,21)(H,18,19,20). The monoisotopic (exact) mass is 317 g/mol. The molecule has 0 fully saturated rings. The molecular weight excluding hydrogens is 305 g/mol. The van der Waals surface area contributed by atoms with Crippen molar-refractivity contribution in [3.8, 4) is 11.4 Å². The van der Waals surface area contributed by atoms with Crippen LogP contribution in [-0.4, -0.2) is 26.1 Å². The van der Waals surface area contributed by atoms with E-state index in [4.69, 9.17) is 0 Å². The number of rotatable bonds is 4. The molecule has 0 atom stereocenters. The zero-order valence-corrected chi connectivity index (χ0v) is 12.4. The summed E-state index contributed by atoms with van der Waals surface area (Å²) in [7, 11) is 0. The fraction of sp³-hybridized carbons (Fsp3) is 0.143. The van der Waals surface area contributed by atoms with E-state index in [2.05, 4.69) is 25.5 Å². The second-order valence-electron chi connectivity index (χ2n) is 4.55. The van der Waals surface area contributed by atoms with Crippen molar-refractivity contribution in [1.82, 2.24) is 25.5 Å². The van der Waals surface area contributed by atoms with Gasteiger partial charge < -0.3 is 5.32 Å². The zero-order chi connectivity index (χ0) is 15.5. The van der Waals surface area contributed by atoms with Gasteiger partial charge in [0.1, 0.15) is 17.3 Å². The second kappa shape index (κ2) is 6.02. The van der Waals surface area contributed by atoms with Gasteiger partial charge in [-0.15, -0.1) is 11.3 Å². The van der Waals surface area contributed by atoms with Crippen molar-refractivity contribution < 1.29 is 9.18 Å². The third kappa shape index (κ3) is 3.17. The van der Waals surface area contributed by atoms with Crippen LogP contribution < -0.4 is 5.32 Å². The lowest BCUT2D eigenvalue weighted by Crippen LogP contribution is -2.23. The molecule has 0 aliphatic heterocycles. The van der Waals surface area contributed by atoms with Crippen molar-refractivity contribution in [2.75, 3.05) is 0 Å². The SMILES string of the molecule is Cc1nc(C(=O)NCc2nc(-c3ccc(F)cc3)n[nH]2)cs1. The molecule has 3 rings (SSSR count). The summed E-state index contributed by atoms with van der Waals surface area (Å²) in [6.07, 6.45) is 0. The Hall–Kier alpha value is -2.61. The van der Waals surface area contributed by atoms with Crippen molar-refractivity contribution in [2.45, 2.75) is 13.5 Å². The molecule has 6 nitrogen and oxygen atoms in total. The van der Waals surface area contributed by atoms with Gasteiger partial charge in [-0.1, -0.05) is 0 Å². The lowest BCUT2D eigenvalue weighted by atomic mass is 10.2. The predicted molar refractivity (Wildman–Crippen MR) is 79.8 cm³/mol. The summed E-state index contributed by atoms with van der Waals surface area (Å²) in [6.45, 7) is 2.05. The van der Waals surface area contributed by atoms with Gasteiger partial charge in [-0.2, -0.15) is 5.10 Å². The summed E-state index contributed by atoms with van der Waals surface area (Å²) in [5, 5.41) is 12.0. The molecule has 0 aliphatic carbocycles. The highest BCUT2D eigenvalue weighted by Crippen LogP contribution is 2.15. The summed E-state index contributed by atoms with van der Waals surface area (Å²) < 4.78 is 12.9. The fourth-order valence-corrected chi connectivity index (χ4v) is 2.42. The van der Waals surface area contributed by atoms with E-state index >= 15 is 0 Å². The molecule has 0 aliphatic rings. The first kappa shape index (κ1) is 14.3. The smallest absolute Gasteiger partial charge is 0.271 e. The first-order valence-corrected chi connectivity index (χ1v) is 7.37. The lowest BCUT2D eigenvalue weighted by Gasteiger charge is -1.99. The number of amides is 1. The van der Waals surface area contributed by atoms with E-state index in [-0.39, 0.29) is 18.3 Å². The summed E-state index contributed by atoms with van der Waals surface area (Å²) >= 11 is 1.42. The number of H-pyrrole nitrogens is 1. The molecule has 3 aromatic rings. The third-order valence-electron chi connectivity index (χ3n) is 2.90. The van der Waals surface area contributed by atoms with Crippen LogP contribution in [0.1, 0.15) is 21.3 Å². The number of hydrogen-bond acceptors (Lipinski definition) is 5. The topological polar surface area (TPSA) is 83.6 Å². The van der Waals surface area contributed by atoms with Crippen LogP contribution in [0.2, 0.25) is 0 Å². The maximum atomic E-state index is 12.9. The van der Waals surface area contributed by atoms with Crippen LogP contribution in [0.15, 0.2) is 29.6 Å². The molecule has 2 heterocycles. The Labute approximate surface area is 129 Å². The molecule has 0 saturated heterocycles. The lowest BCUT2D eigenvalue weighted by molar-refractivity contribution is 0.0945. The Kier molecular flexibility index (Phi) is 3.92. The molecule has 0 radical (unpaired) electrons. The first-order valence-electron chi connectivity index (χ1n) is 6.49.